The van der Waals surface area contributed by atoms with Gasteiger partial charge in [-0.05, 0) is 42.3 Å². The predicted octanol–water partition coefficient (Wildman–Crippen LogP) is 2.98. The average molecular weight is 270 g/mol. The van der Waals surface area contributed by atoms with Crippen molar-refractivity contribution in [3.8, 4) is 0 Å². The molecule has 0 bridgehead atoms. The molecule has 0 radical (unpaired) electrons. The molecule has 0 spiro atoms. The fourth-order valence-electron chi connectivity index (χ4n) is 1.89. The number of methoxy groups -OCH3 is 1. The van der Waals surface area contributed by atoms with Crippen LogP contribution in [0.15, 0.2) is 42.5 Å². The Morgan fingerprint density at radius 1 is 1.25 bits per heavy atom. The van der Waals surface area contributed by atoms with Crippen molar-refractivity contribution in [1.82, 2.24) is 0 Å². The van der Waals surface area contributed by atoms with Crippen molar-refractivity contribution in [2.45, 2.75) is 13.5 Å². The van der Waals surface area contributed by atoms with E-state index in [-0.39, 0.29) is 5.91 Å². The first kappa shape index (κ1) is 14.1. The van der Waals surface area contributed by atoms with Crippen LogP contribution in [0.3, 0.4) is 0 Å². The topological polar surface area (TPSA) is 64.3 Å². The van der Waals surface area contributed by atoms with Crippen LogP contribution < -0.4 is 11.1 Å². The zero-order chi connectivity index (χ0) is 14.5. The van der Waals surface area contributed by atoms with Gasteiger partial charge >= 0.3 is 0 Å². The molecule has 1 amide bonds. The Morgan fingerprint density at radius 3 is 2.75 bits per heavy atom. The molecule has 4 heteroatoms. The molecule has 0 unspecified atom stereocenters. The van der Waals surface area contributed by atoms with Crippen LogP contribution >= 0.6 is 0 Å². The van der Waals surface area contributed by atoms with Crippen molar-refractivity contribution in [3.05, 3.63) is 59.2 Å². The molecule has 4 nitrogen and oxygen atoms in total. The fraction of sp³-hybridized carbons (Fsp3) is 0.188. The van der Waals surface area contributed by atoms with Gasteiger partial charge in [0.15, 0.2) is 0 Å². The van der Waals surface area contributed by atoms with Gasteiger partial charge in [0, 0.05) is 24.0 Å². The monoisotopic (exact) mass is 270 g/mol. The lowest BCUT2D eigenvalue weighted by atomic mass is 10.1. The van der Waals surface area contributed by atoms with E-state index in [0.29, 0.717) is 17.9 Å². The Balaban J connectivity index is 2.14. The van der Waals surface area contributed by atoms with E-state index in [1.807, 2.05) is 37.3 Å². The van der Waals surface area contributed by atoms with Gasteiger partial charge in [-0.3, -0.25) is 4.79 Å². The van der Waals surface area contributed by atoms with E-state index in [9.17, 15) is 4.79 Å². The minimum absolute atomic E-state index is 0.175. The van der Waals surface area contributed by atoms with E-state index in [2.05, 4.69) is 5.32 Å². The number of hydrogen-bond acceptors (Lipinski definition) is 3. The van der Waals surface area contributed by atoms with Crippen molar-refractivity contribution in [2.75, 3.05) is 18.2 Å². The Bertz CT molecular complexity index is 624. The smallest absolute Gasteiger partial charge is 0.255 e. The number of ether oxygens (including phenoxy) is 1. The molecule has 104 valence electrons. The molecule has 2 aromatic rings. The number of nitrogen functional groups attached to an aromatic ring is 1. The number of rotatable bonds is 4. The Labute approximate surface area is 118 Å². The van der Waals surface area contributed by atoms with Crippen LogP contribution in [0.4, 0.5) is 11.4 Å². The lowest BCUT2D eigenvalue weighted by Crippen LogP contribution is -2.12. The fourth-order valence-corrected chi connectivity index (χ4v) is 1.89. The van der Waals surface area contributed by atoms with Crippen molar-refractivity contribution < 1.29 is 9.53 Å². The van der Waals surface area contributed by atoms with Crippen LogP contribution in [0.2, 0.25) is 0 Å². The van der Waals surface area contributed by atoms with Gasteiger partial charge in [0.05, 0.1) is 6.61 Å². The zero-order valence-corrected chi connectivity index (χ0v) is 11.6. The third kappa shape index (κ3) is 3.36. The van der Waals surface area contributed by atoms with Gasteiger partial charge < -0.3 is 15.8 Å². The minimum atomic E-state index is -0.175. The highest BCUT2D eigenvalue weighted by Gasteiger charge is 2.07. The summed E-state index contributed by atoms with van der Waals surface area (Å²) >= 11 is 0. The maximum absolute atomic E-state index is 12.1. The third-order valence-corrected chi connectivity index (χ3v) is 3.04. The second kappa shape index (κ2) is 6.21. The molecule has 3 N–H and O–H groups in total. The Hall–Kier alpha value is -2.33. The summed E-state index contributed by atoms with van der Waals surface area (Å²) in [5.74, 6) is -0.175. The second-order valence-corrected chi connectivity index (χ2v) is 4.66. The maximum Gasteiger partial charge on any atom is 0.255 e. The van der Waals surface area contributed by atoms with Crippen LogP contribution in [-0.4, -0.2) is 13.0 Å². The molecule has 0 heterocycles. The van der Waals surface area contributed by atoms with Crippen LogP contribution in [0.25, 0.3) is 0 Å². The number of nitrogens with one attached hydrogen (secondary N) is 1. The first-order chi connectivity index (χ1) is 9.60. The number of nitrogens with two attached hydrogens (primary N) is 1. The summed E-state index contributed by atoms with van der Waals surface area (Å²) in [6, 6.07) is 12.8. The van der Waals surface area contributed by atoms with E-state index in [1.165, 1.54) is 0 Å². The standard InChI is InChI=1S/C16H18N2O2/c1-11-6-7-13(9-15(11)17)16(19)18-14-5-3-4-12(8-14)10-20-2/h3-9H,10,17H2,1-2H3,(H,18,19). The first-order valence-electron chi connectivity index (χ1n) is 6.35. The molecule has 2 aromatic carbocycles. The molecule has 0 aliphatic heterocycles. The summed E-state index contributed by atoms with van der Waals surface area (Å²) in [6.07, 6.45) is 0. The number of hydrogen-bond donors (Lipinski definition) is 2. The van der Waals surface area contributed by atoms with Crippen LogP contribution in [-0.2, 0) is 11.3 Å². The van der Waals surface area contributed by atoms with Crippen LogP contribution in [0, 0.1) is 6.92 Å². The summed E-state index contributed by atoms with van der Waals surface area (Å²) in [5.41, 5.74) is 9.69. The molecule has 20 heavy (non-hydrogen) atoms. The average Bonchev–Trinajstić information content (AvgIpc) is 2.42. The molecule has 2 rings (SSSR count). The van der Waals surface area contributed by atoms with Gasteiger partial charge in [0.25, 0.3) is 5.91 Å². The number of benzene rings is 2. The van der Waals surface area contributed by atoms with Crippen molar-refractivity contribution in [2.24, 2.45) is 0 Å². The van der Waals surface area contributed by atoms with E-state index in [4.69, 9.17) is 10.5 Å². The molecule has 0 aromatic heterocycles. The molecule has 0 aliphatic rings. The SMILES string of the molecule is COCc1cccc(NC(=O)c2ccc(C)c(N)c2)c1. The number of amides is 1. The van der Waals surface area contributed by atoms with E-state index >= 15 is 0 Å². The van der Waals surface area contributed by atoms with E-state index < -0.39 is 0 Å². The zero-order valence-electron chi connectivity index (χ0n) is 11.6. The van der Waals surface area contributed by atoms with Crippen molar-refractivity contribution >= 4 is 17.3 Å². The Morgan fingerprint density at radius 2 is 2.05 bits per heavy atom. The highest BCUT2D eigenvalue weighted by Crippen LogP contribution is 2.16. The number of anilines is 2. The molecule has 0 saturated carbocycles. The third-order valence-electron chi connectivity index (χ3n) is 3.04. The predicted molar refractivity (Wildman–Crippen MR) is 80.7 cm³/mol. The van der Waals surface area contributed by atoms with Crippen LogP contribution in [0.5, 0.6) is 0 Å². The highest BCUT2D eigenvalue weighted by atomic mass is 16.5. The summed E-state index contributed by atoms with van der Waals surface area (Å²) in [7, 11) is 1.64. The number of carbonyl (C=O) groups is 1. The maximum atomic E-state index is 12.1. The molecule has 0 fully saturated rings. The summed E-state index contributed by atoms with van der Waals surface area (Å²) in [5, 5.41) is 2.85. The lowest BCUT2D eigenvalue weighted by molar-refractivity contribution is 0.102. The number of aryl methyl sites for hydroxylation is 1. The normalized spacial score (nSPS) is 10.3. The molecule has 0 aliphatic carbocycles. The van der Waals surface area contributed by atoms with Gasteiger partial charge in [-0.2, -0.15) is 0 Å². The van der Waals surface area contributed by atoms with Gasteiger partial charge in [0.2, 0.25) is 0 Å². The van der Waals surface area contributed by atoms with Gasteiger partial charge in [-0.25, -0.2) is 0 Å². The quantitative estimate of drug-likeness (QED) is 0.839. The molecule has 0 saturated heterocycles. The first-order valence-corrected chi connectivity index (χ1v) is 6.35. The van der Waals surface area contributed by atoms with Crippen LogP contribution in [0.1, 0.15) is 21.5 Å². The lowest BCUT2D eigenvalue weighted by Gasteiger charge is -2.08. The second-order valence-electron chi connectivity index (χ2n) is 4.66. The van der Waals surface area contributed by atoms with E-state index in [0.717, 1.165) is 16.8 Å². The largest absolute Gasteiger partial charge is 0.398 e. The Kier molecular flexibility index (Phi) is 4.38. The van der Waals surface area contributed by atoms with Crippen molar-refractivity contribution in [1.29, 1.82) is 0 Å². The van der Waals surface area contributed by atoms with E-state index in [1.54, 1.807) is 19.2 Å². The molecule has 0 atom stereocenters. The van der Waals surface area contributed by atoms with Gasteiger partial charge in [0.1, 0.15) is 0 Å². The summed E-state index contributed by atoms with van der Waals surface area (Å²) in [6.45, 7) is 2.42. The number of carbonyl (C=O) groups excluding carboxylic acids is 1. The highest BCUT2D eigenvalue weighted by molar-refractivity contribution is 6.04. The summed E-state index contributed by atoms with van der Waals surface area (Å²) < 4.78 is 5.07. The molecular weight excluding hydrogens is 252 g/mol. The van der Waals surface area contributed by atoms with Gasteiger partial charge in [-0.1, -0.05) is 18.2 Å². The minimum Gasteiger partial charge on any atom is -0.398 e. The molecular formula is C16H18N2O2. The summed E-state index contributed by atoms with van der Waals surface area (Å²) in [4.78, 5) is 12.1. The van der Waals surface area contributed by atoms with Crippen molar-refractivity contribution in [3.63, 3.8) is 0 Å². The van der Waals surface area contributed by atoms with Gasteiger partial charge in [-0.15, -0.1) is 0 Å².